The van der Waals surface area contributed by atoms with Crippen molar-refractivity contribution in [1.82, 2.24) is 10.2 Å². The molecule has 0 fully saturated rings. The van der Waals surface area contributed by atoms with Gasteiger partial charge in [0.1, 0.15) is 11.6 Å². The lowest BCUT2D eigenvalue weighted by molar-refractivity contribution is 0.0988. The Hall–Kier alpha value is -2.66. The van der Waals surface area contributed by atoms with Crippen LogP contribution in [0.25, 0.3) is 0 Å². The van der Waals surface area contributed by atoms with E-state index in [1.807, 2.05) is 6.07 Å². The van der Waals surface area contributed by atoms with Crippen molar-refractivity contribution in [2.75, 3.05) is 4.72 Å². The summed E-state index contributed by atoms with van der Waals surface area (Å²) >= 11 is 0. The van der Waals surface area contributed by atoms with Gasteiger partial charge in [-0.25, -0.2) is 8.42 Å². The second-order valence-corrected chi connectivity index (χ2v) is 5.86. The van der Waals surface area contributed by atoms with E-state index in [9.17, 15) is 13.2 Å². The molecule has 108 valence electrons. The molecule has 0 spiro atoms. The normalized spacial score (nSPS) is 10.9. The molecule has 7 nitrogen and oxygen atoms in total. The highest BCUT2D eigenvalue weighted by Gasteiger charge is 2.18. The number of ketones is 1. The van der Waals surface area contributed by atoms with Gasteiger partial charge in [-0.05, 0) is 12.1 Å². The van der Waals surface area contributed by atoms with Gasteiger partial charge in [-0.3, -0.25) is 14.6 Å². The van der Waals surface area contributed by atoms with E-state index in [1.165, 1.54) is 24.4 Å². The molecule has 0 bridgehead atoms. The van der Waals surface area contributed by atoms with Crippen molar-refractivity contribution < 1.29 is 13.2 Å². The molecule has 0 unspecified atom stereocenters. The van der Waals surface area contributed by atoms with E-state index >= 15 is 0 Å². The van der Waals surface area contributed by atoms with Gasteiger partial charge in [0.05, 0.1) is 11.1 Å². The largest absolute Gasteiger partial charge is 0.294 e. The summed E-state index contributed by atoms with van der Waals surface area (Å²) in [5, 5.41) is 14.8. The Morgan fingerprint density at radius 2 is 2.24 bits per heavy atom. The van der Waals surface area contributed by atoms with Crippen LogP contribution in [-0.2, 0) is 10.0 Å². The Kier molecular flexibility index (Phi) is 4.05. The van der Waals surface area contributed by atoms with E-state index in [2.05, 4.69) is 14.9 Å². The van der Waals surface area contributed by atoms with Crippen molar-refractivity contribution in [3.63, 3.8) is 0 Å². The lowest BCUT2D eigenvalue weighted by atomic mass is 10.1. The first-order valence-electron chi connectivity index (χ1n) is 6.07. The zero-order valence-corrected chi connectivity index (χ0v) is 11.9. The number of Topliss-reactive ketones (excluding diaryl/α,β-unsaturated/α-hetero) is 1. The molecule has 2 aromatic rings. The van der Waals surface area contributed by atoms with Gasteiger partial charge in [0.25, 0.3) is 10.0 Å². The van der Waals surface area contributed by atoms with Crippen LogP contribution < -0.4 is 4.72 Å². The fourth-order valence-electron chi connectivity index (χ4n) is 1.68. The molecule has 0 aliphatic carbocycles. The van der Waals surface area contributed by atoms with E-state index in [0.29, 0.717) is 5.56 Å². The zero-order valence-electron chi connectivity index (χ0n) is 11.1. The number of benzene rings is 1. The predicted octanol–water partition coefficient (Wildman–Crippen LogP) is 1.67. The Morgan fingerprint density at radius 1 is 1.48 bits per heavy atom. The molecule has 0 atom stereocenters. The molecule has 0 saturated carbocycles. The standard InChI is InChI=1S/C13H12N4O3S/c1-2-12(18)9-4-3-5-11(6-9)21(19,20)17-13-10(7-14)8-15-16-13/h3-6,8H,2H2,1H3,(H2,15,16,17). The van der Waals surface area contributed by atoms with E-state index in [1.54, 1.807) is 13.0 Å². The number of sulfonamides is 1. The Bertz CT molecular complexity index is 818. The number of carbonyl (C=O) groups excluding carboxylic acids is 1. The Balaban J connectivity index is 2.37. The van der Waals surface area contributed by atoms with Crippen LogP contribution in [0, 0.1) is 11.3 Å². The second kappa shape index (κ2) is 5.76. The minimum absolute atomic E-state index is 0.00952. The molecule has 0 aliphatic heterocycles. The summed E-state index contributed by atoms with van der Waals surface area (Å²) in [4.78, 5) is 11.6. The monoisotopic (exact) mass is 304 g/mol. The lowest BCUT2D eigenvalue weighted by Crippen LogP contribution is -2.14. The summed E-state index contributed by atoms with van der Waals surface area (Å²) in [6.45, 7) is 1.70. The third-order valence-corrected chi connectivity index (χ3v) is 4.13. The van der Waals surface area contributed by atoms with Crippen molar-refractivity contribution in [2.24, 2.45) is 0 Å². The third-order valence-electron chi connectivity index (χ3n) is 2.78. The average Bonchev–Trinajstić information content (AvgIpc) is 2.93. The van der Waals surface area contributed by atoms with Crippen LogP contribution in [0.2, 0.25) is 0 Å². The molecule has 2 rings (SSSR count). The quantitative estimate of drug-likeness (QED) is 0.815. The van der Waals surface area contributed by atoms with E-state index < -0.39 is 10.0 Å². The molecular formula is C13H12N4O3S. The van der Waals surface area contributed by atoms with Crippen molar-refractivity contribution in [1.29, 1.82) is 5.26 Å². The number of H-pyrrole nitrogens is 1. The van der Waals surface area contributed by atoms with Crippen LogP contribution in [0.1, 0.15) is 29.3 Å². The maximum Gasteiger partial charge on any atom is 0.263 e. The highest BCUT2D eigenvalue weighted by atomic mass is 32.2. The van der Waals surface area contributed by atoms with Crippen LogP contribution in [0.5, 0.6) is 0 Å². The Morgan fingerprint density at radius 3 is 2.90 bits per heavy atom. The molecule has 2 N–H and O–H groups in total. The molecule has 1 heterocycles. The van der Waals surface area contributed by atoms with Gasteiger partial charge in [0, 0.05) is 12.0 Å². The zero-order chi connectivity index (χ0) is 15.5. The number of aromatic amines is 1. The third kappa shape index (κ3) is 3.09. The van der Waals surface area contributed by atoms with Crippen molar-refractivity contribution in [3.8, 4) is 6.07 Å². The summed E-state index contributed by atoms with van der Waals surface area (Å²) in [7, 11) is -3.90. The van der Waals surface area contributed by atoms with Crippen LogP contribution in [0.4, 0.5) is 5.82 Å². The fourth-order valence-corrected chi connectivity index (χ4v) is 2.76. The molecular weight excluding hydrogens is 292 g/mol. The van der Waals surface area contributed by atoms with E-state index in [-0.39, 0.29) is 28.5 Å². The van der Waals surface area contributed by atoms with Crippen LogP contribution in [0.3, 0.4) is 0 Å². The summed E-state index contributed by atoms with van der Waals surface area (Å²) in [5.41, 5.74) is 0.407. The summed E-state index contributed by atoms with van der Waals surface area (Å²) < 4.78 is 26.7. The molecule has 0 radical (unpaired) electrons. The molecule has 0 amide bonds. The topological polar surface area (TPSA) is 116 Å². The molecule has 21 heavy (non-hydrogen) atoms. The van der Waals surface area contributed by atoms with Gasteiger partial charge in [0.15, 0.2) is 11.6 Å². The first-order chi connectivity index (χ1) is 9.97. The summed E-state index contributed by atoms with van der Waals surface area (Å²) in [6, 6.07) is 7.54. The highest BCUT2D eigenvalue weighted by molar-refractivity contribution is 7.92. The molecule has 0 aliphatic rings. The predicted molar refractivity (Wildman–Crippen MR) is 75.2 cm³/mol. The number of rotatable bonds is 5. The maximum absolute atomic E-state index is 12.3. The summed E-state index contributed by atoms with van der Waals surface area (Å²) in [6.07, 6.45) is 1.50. The van der Waals surface area contributed by atoms with Gasteiger partial charge in [0.2, 0.25) is 0 Å². The van der Waals surface area contributed by atoms with E-state index in [4.69, 9.17) is 5.26 Å². The number of nitrogens with zero attached hydrogens (tertiary/aromatic N) is 2. The number of aromatic nitrogens is 2. The van der Waals surface area contributed by atoms with Gasteiger partial charge in [-0.15, -0.1) is 0 Å². The molecule has 0 saturated heterocycles. The molecule has 1 aromatic carbocycles. The first kappa shape index (κ1) is 14.7. The minimum Gasteiger partial charge on any atom is -0.294 e. The Labute approximate surface area is 121 Å². The fraction of sp³-hybridized carbons (Fsp3) is 0.154. The number of anilines is 1. The van der Waals surface area contributed by atoms with Gasteiger partial charge < -0.3 is 0 Å². The summed E-state index contributed by atoms with van der Waals surface area (Å²) in [5.74, 6) is -0.156. The lowest BCUT2D eigenvalue weighted by Gasteiger charge is -2.07. The molecule has 8 heteroatoms. The number of hydrogen-bond acceptors (Lipinski definition) is 5. The number of hydrogen-bond donors (Lipinski definition) is 2. The van der Waals surface area contributed by atoms with Gasteiger partial charge in [-0.2, -0.15) is 10.4 Å². The molecule has 1 aromatic heterocycles. The van der Waals surface area contributed by atoms with Crippen molar-refractivity contribution in [3.05, 3.63) is 41.6 Å². The van der Waals surface area contributed by atoms with E-state index in [0.717, 1.165) is 0 Å². The number of nitriles is 1. The first-order valence-corrected chi connectivity index (χ1v) is 7.55. The second-order valence-electron chi connectivity index (χ2n) is 4.18. The minimum atomic E-state index is -3.90. The van der Waals surface area contributed by atoms with Crippen LogP contribution in [0.15, 0.2) is 35.4 Å². The number of carbonyl (C=O) groups is 1. The van der Waals surface area contributed by atoms with Gasteiger partial charge in [-0.1, -0.05) is 19.1 Å². The van der Waals surface area contributed by atoms with Gasteiger partial charge >= 0.3 is 0 Å². The smallest absolute Gasteiger partial charge is 0.263 e. The maximum atomic E-state index is 12.3. The number of nitrogens with one attached hydrogen (secondary N) is 2. The van der Waals surface area contributed by atoms with Crippen molar-refractivity contribution >= 4 is 21.6 Å². The average molecular weight is 304 g/mol. The SMILES string of the molecule is CCC(=O)c1cccc(S(=O)(=O)Nc2[nH]ncc2C#N)c1. The van der Waals surface area contributed by atoms with Crippen LogP contribution >= 0.6 is 0 Å². The highest BCUT2D eigenvalue weighted by Crippen LogP contribution is 2.18. The van der Waals surface area contributed by atoms with Crippen molar-refractivity contribution in [2.45, 2.75) is 18.2 Å². The van der Waals surface area contributed by atoms with Crippen LogP contribution in [-0.4, -0.2) is 24.4 Å².